The number of hydrogen-bond donors (Lipinski definition) is 0. The van der Waals surface area contributed by atoms with Crippen LogP contribution < -0.4 is 0 Å². The molecule has 0 spiro atoms. The molecule has 1 heterocycles. The number of carbonyl (C=O) groups excluding carboxylic acids is 1. The number of rotatable bonds is 4. The third-order valence-electron chi connectivity index (χ3n) is 3.37. The average molecular weight is 334 g/mol. The molecule has 1 aliphatic heterocycles. The van der Waals surface area contributed by atoms with E-state index in [0.29, 0.717) is 0 Å². The highest BCUT2D eigenvalue weighted by molar-refractivity contribution is 7.92. The molecular formula is C14H17ClFNO3S. The van der Waals surface area contributed by atoms with Gasteiger partial charge in [-0.3, -0.25) is 4.79 Å². The van der Waals surface area contributed by atoms with Gasteiger partial charge in [-0.15, -0.1) is 0 Å². The van der Waals surface area contributed by atoms with E-state index in [1.165, 1.54) is 11.0 Å². The molecular weight excluding hydrogens is 317 g/mol. The number of sulfone groups is 1. The molecule has 116 valence electrons. The van der Waals surface area contributed by atoms with Gasteiger partial charge in [0.2, 0.25) is 0 Å². The van der Waals surface area contributed by atoms with Crippen molar-refractivity contribution in [3.05, 3.63) is 34.6 Å². The van der Waals surface area contributed by atoms with Gasteiger partial charge < -0.3 is 4.90 Å². The molecule has 0 N–H and O–H groups in total. The number of likely N-dealkylation sites (tertiary alicyclic amines) is 1. The van der Waals surface area contributed by atoms with Crippen molar-refractivity contribution < 1.29 is 17.6 Å². The van der Waals surface area contributed by atoms with Crippen LogP contribution in [0.3, 0.4) is 0 Å². The minimum atomic E-state index is -3.18. The summed E-state index contributed by atoms with van der Waals surface area (Å²) in [4.78, 5) is 13.6. The highest BCUT2D eigenvalue weighted by atomic mass is 35.5. The Balaban J connectivity index is 2.03. The third-order valence-corrected chi connectivity index (χ3v) is 6.13. The molecule has 1 aromatic rings. The first-order valence-corrected chi connectivity index (χ1v) is 8.76. The van der Waals surface area contributed by atoms with Gasteiger partial charge in [0.1, 0.15) is 5.82 Å². The maximum atomic E-state index is 13.0. The Hall–Kier alpha value is -1.14. The van der Waals surface area contributed by atoms with E-state index in [0.717, 1.165) is 12.1 Å². The molecule has 0 bridgehead atoms. The van der Waals surface area contributed by atoms with Crippen LogP contribution in [0.1, 0.15) is 24.2 Å². The molecule has 4 nitrogen and oxygen atoms in total. The lowest BCUT2D eigenvalue weighted by molar-refractivity contribution is 0.0659. The van der Waals surface area contributed by atoms with Gasteiger partial charge in [0, 0.05) is 13.1 Å². The van der Waals surface area contributed by atoms with E-state index in [9.17, 15) is 17.6 Å². The van der Waals surface area contributed by atoms with E-state index >= 15 is 0 Å². The Bertz CT molecular complexity index is 654. The summed E-state index contributed by atoms with van der Waals surface area (Å²) >= 11 is 5.84. The normalized spacial score (nSPS) is 16.1. The topological polar surface area (TPSA) is 54.5 Å². The van der Waals surface area contributed by atoms with Gasteiger partial charge in [0.15, 0.2) is 9.84 Å². The zero-order valence-corrected chi connectivity index (χ0v) is 13.4. The lowest BCUT2D eigenvalue weighted by Gasteiger charge is -2.39. The molecule has 0 saturated carbocycles. The van der Waals surface area contributed by atoms with E-state index in [1.807, 2.05) is 13.8 Å². The molecule has 0 aromatic heterocycles. The van der Waals surface area contributed by atoms with Gasteiger partial charge in [0.05, 0.1) is 21.6 Å². The molecule has 1 aliphatic rings. The number of nitrogens with zero attached hydrogens (tertiary/aromatic N) is 1. The summed E-state index contributed by atoms with van der Waals surface area (Å²) < 4.78 is 37.0. The van der Waals surface area contributed by atoms with Gasteiger partial charge in [-0.1, -0.05) is 25.4 Å². The van der Waals surface area contributed by atoms with Crippen LogP contribution in [-0.4, -0.2) is 43.3 Å². The van der Waals surface area contributed by atoms with Gasteiger partial charge in [-0.25, -0.2) is 12.8 Å². The van der Waals surface area contributed by atoms with Crippen LogP contribution in [0.2, 0.25) is 5.02 Å². The number of carbonyl (C=O) groups is 1. The van der Waals surface area contributed by atoms with Crippen LogP contribution in [0.25, 0.3) is 0 Å². The second-order valence-electron chi connectivity index (χ2n) is 5.68. The number of amides is 1. The van der Waals surface area contributed by atoms with Crippen LogP contribution >= 0.6 is 11.6 Å². The van der Waals surface area contributed by atoms with Crippen LogP contribution in [0.15, 0.2) is 18.2 Å². The number of benzene rings is 1. The average Bonchev–Trinajstić information content (AvgIpc) is 2.23. The smallest absolute Gasteiger partial charge is 0.255 e. The summed E-state index contributed by atoms with van der Waals surface area (Å²) in [6.45, 7) is 4.03. The van der Waals surface area contributed by atoms with Crippen molar-refractivity contribution in [3.63, 3.8) is 0 Å². The quantitative estimate of drug-likeness (QED) is 0.850. The first kappa shape index (κ1) is 16.2. The van der Waals surface area contributed by atoms with Crippen molar-refractivity contribution in [2.75, 3.05) is 18.8 Å². The second kappa shape index (κ2) is 5.93. The Morgan fingerprint density at radius 3 is 2.57 bits per heavy atom. The maximum absolute atomic E-state index is 13.0. The van der Waals surface area contributed by atoms with Crippen molar-refractivity contribution in [1.29, 1.82) is 0 Å². The van der Waals surface area contributed by atoms with E-state index in [-0.39, 0.29) is 41.3 Å². The Labute approximate surface area is 128 Å². The van der Waals surface area contributed by atoms with Crippen molar-refractivity contribution in [3.8, 4) is 0 Å². The predicted octanol–water partition coefficient (Wildman–Crippen LogP) is 2.37. The van der Waals surface area contributed by atoms with E-state index in [2.05, 4.69) is 0 Å². The van der Waals surface area contributed by atoms with Crippen molar-refractivity contribution >= 4 is 27.3 Å². The van der Waals surface area contributed by atoms with Crippen LogP contribution in [-0.2, 0) is 9.84 Å². The molecule has 1 aromatic carbocycles. The van der Waals surface area contributed by atoms with Gasteiger partial charge in [0.25, 0.3) is 5.91 Å². The van der Waals surface area contributed by atoms with Crippen LogP contribution in [0.4, 0.5) is 4.39 Å². The van der Waals surface area contributed by atoms with Crippen molar-refractivity contribution in [2.45, 2.75) is 19.1 Å². The largest absolute Gasteiger partial charge is 0.336 e. The van der Waals surface area contributed by atoms with Crippen LogP contribution in [0.5, 0.6) is 0 Å². The summed E-state index contributed by atoms with van der Waals surface area (Å²) in [7, 11) is -3.18. The Morgan fingerprint density at radius 2 is 2.05 bits per heavy atom. The molecule has 1 fully saturated rings. The molecule has 21 heavy (non-hydrogen) atoms. The molecule has 7 heteroatoms. The summed E-state index contributed by atoms with van der Waals surface area (Å²) in [5, 5.41) is -0.475. The summed E-state index contributed by atoms with van der Waals surface area (Å²) in [5.41, 5.74) is 0.192. The summed E-state index contributed by atoms with van der Waals surface area (Å²) in [6.07, 6.45) is 0. The fraction of sp³-hybridized carbons (Fsp3) is 0.500. The first-order chi connectivity index (χ1) is 9.70. The Kier molecular flexibility index (Phi) is 4.58. The maximum Gasteiger partial charge on any atom is 0.255 e. The molecule has 1 saturated heterocycles. The number of halogens is 2. The third kappa shape index (κ3) is 3.55. The predicted molar refractivity (Wildman–Crippen MR) is 79.7 cm³/mol. The first-order valence-electron chi connectivity index (χ1n) is 6.66. The zero-order valence-electron chi connectivity index (χ0n) is 11.8. The van der Waals surface area contributed by atoms with Gasteiger partial charge in [-0.2, -0.15) is 0 Å². The molecule has 0 unspecified atom stereocenters. The zero-order chi connectivity index (χ0) is 15.8. The number of hydrogen-bond acceptors (Lipinski definition) is 3. The second-order valence-corrected chi connectivity index (χ2v) is 8.41. The standard InChI is InChI=1S/C14H17ClFNO3S/c1-9(2)8-21(19,20)11-6-17(7-11)14(18)12-4-3-10(16)5-13(12)15/h3-5,9,11H,6-8H2,1-2H3. The Morgan fingerprint density at radius 1 is 1.43 bits per heavy atom. The van der Waals surface area contributed by atoms with Gasteiger partial charge in [-0.05, 0) is 24.1 Å². The molecule has 0 atom stereocenters. The lowest BCUT2D eigenvalue weighted by Crippen LogP contribution is -2.57. The van der Waals surface area contributed by atoms with E-state index in [4.69, 9.17) is 11.6 Å². The molecule has 0 aliphatic carbocycles. The fourth-order valence-corrected chi connectivity index (χ4v) is 4.53. The van der Waals surface area contributed by atoms with E-state index in [1.54, 1.807) is 0 Å². The van der Waals surface area contributed by atoms with Gasteiger partial charge >= 0.3 is 0 Å². The summed E-state index contributed by atoms with van der Waals surface area (Å²) in [6, 6.07) is 3.55. The van der Waals surface area contributed by atoms with Crippen LogP contribution in [0, 0.1) is 11.7 Å². The highest BCUT2D eigenvalue weighted by Crippen LogP contribution is 2.24. The minimum Gasteiger partial charge on any atom is -0.336 e. The minimum absolute atomic E-state index is 0.0356. The molecule has 0 radical (unpaired) electrons. The fourth-order valence-electron chi connectivity index (χ4n) is 2.27. The molecule has 1 amide bonds. The highest BCUT2D eigenvalue weighted by Gasteiger charge is 2.40. The van der Waals surface area contributed by atoms with Crippen molar-refractivity contribution in [1.82, 2.24) is 4.90 Å². The van der Waals surface area contributed by atoms with Crippen molar-refractivity contribution in [2.24, 2.45) is 5.92 Å². The summed E-state index contributed by atoms with van der Waals surface area (Å²) in [5.74, 6) is -0.698. The monoisotopic (exact) mass is 333 g/mol. The SMILES string of the molecule is CC(C)CS(=O)(=O)C1CN(C(=O)c2ccc(F)cc2Cl)C1. The molecule has 2 rings (SSSR count). The van der Waals surface area contributed by atoms with E-state index < -0.39 is 20.9 Å². The lowest BCUT2D eigenvalue weighted by atomic mass is 10.1.